The van der Waals surface area contributed by atoms with Gasteiger partial charge in [-0.2, -0.15) is 0 Å². The van der Waals surface area contributed by atoms with E-state index in [-0.39, 0.29) is 127 Å². The molecule has 19 nitrogen and oxygen atoms in total. The number of rotatable bonds is 9. The summed E-state index contributed by atoms with van der Waals surface area (Å²) in [5, 5.41) is 0.594. The predicted molar refractivity (Wildman–Crippen MR) is 366 cm³/mol. The van der Waals surface area contributed by atoms with Gasteiger partial charge in [-0.3, -0.25) is 48.2 Å². The van der Waals surface area contributed by atoms with Crippen LogP contribution in [0.3, 0.4) is 0 Å². The van der Waals surface area contributed by atoms with Gasteiger partial charge in [-0.25, -0.2) is 18.4 Å². The molecule has 488 valence electrons. The Morgan fingerprint density at radius 3 is 1.76 bits per heavy atom. The number of piperazine rings is 2. The van der Waals surface area contributed by atoms with Gasteiger partial charge in [-0.15, -0.1) is 0 Å². The zero-order valence-electron chi connectivity index (χ0n) is 54.1. The van der Waals surface area contributed by atoms with Gasteiger partial charge in [-0.05, 0) is 131 Å². The minimum Gasteiger partial charge on any atom is -0.486 e. The van der Waals surface area contributed by atoms with E-state index in [2.05, 4.69) is 28.0 Å². The molecule has 2 fully saturated rings. The lowest BCUT2D eigenvalue weighted by molar-refractivity contribution is -0.129. The van der Waals surface area contributed by atoms with Gasteiger partial charge in [0.1, 0.15) is 0 Å². The molecule has 2 saturated heterocycles. The fourth-order valence-corrected chi connectivity index (χ4v) is 15.8. The molecule has 2 N–H and O–H groups in total. The Balaban J connectivity index is 0.881. The smallest absolute Gasteiger partial charge is 0.417 e. The van der Waals surface area contributed by atoms with Crippen molar-refractivity contribution in [3.63, 3.8) is 0 Å². The SMILES string of the molecule is C=CC(=O)N1CC2CCc3c(c4cc(Cl)c(-c5c(C)ccc6[nH]c(=O)oc56)c(F)c4n(-c4c(C)cc(C(=C)C(=O)N5CC6CCOc7c(c8cc(Cl)c(-c9c(C)ccc%10[nH]c(=O)oc9%10)c(F)c8n(-c8c(C)ccnc8C(C)C)c7=O)N6CC5C)nc4C(C)C)c3=O)N2CC1C. The first-order valence-electron chi connectivity index (χ1n) is 31.8. The van der Waals surface area contributed by atoms with Gasteiger partial charge >= 0.3 is 11.5 Å². The summed E-state index contributed by atoms with van der Waals surface area (Å²) in [6.07, 6.45) is 4.07. The second-order valence-electron chi connectivity index (χ2n) is 26.3. The lowest BCUT2D eigenvalue weighted by Crippen LogP contribution is -2.60. The maximum atomic E-state index is 18.8. The zero-order chi connectivity index (χ0) is 67.4. The van der Waals surface area contributed by atoms with E-state index in [4.69, 9.17) is 46.7 Å². The maximum absolute atomic E-state index is 18.8. The second-order valence-corrected chi connectivity index (χ2v) is 27.1. The summed E-state index contributed by atoms with van der Waals surface area (Å²) >= 11 is 14.6. The highest BCUT2D eigenvalue weighted by Gasteiger charge is 2.44. The molecule has 4 aliphatic heterocycles. The number of fused-ring (bicyclic) bond motifs is 12. The van der Waals surface area contributed by atoms with Crippen molar-refractivity contribution in [1.29, 1.82) is 0 Å². The number of hydrogen-bond donors (Lipinski definition) is 2. The lowest BCUT2D eigenvalue weighted by atomic mass is 9.89. The van der Waals surface area contributed by atoms with Crippen molar-refractivity contribution < 1.29 is 31.9 Å². The summed E-state index contributed by atoms with van der Waals surface area (Å²) in [5.41, 5.74) is 5.12. The van der Waals surface area contributed by atoms with E-state index in [0.29, 0.717) is 104 Å². The van der Waals surface area contributed by atoms with Gasteiger partial charge in [0, 0.05) is 95.5 Å². The van der Waals surface area contributed by atoms with Crippen LogP contribution in [0.4, 0.5) is 20.2 Å². The van der Waals surface area contributed by atoms with E-state index in [9.17, 15) is 14.4 Å². The fourth-order valence-electron chi connectivity index (χ4n) is 15.2. The average molecular weight is 1330 g/mol. The number of aromatic amines is 2. The molecule has 6 aromatic heterocycles. The van der Waals surface area contributed by atoms with E-state index >= 15 is 23.2 Å². The number of H-pyrrole nitrogens is 2. The molecule has 4 unspecified atom stereocenters. The van der Waals surface area contributed by atoms with Crippen LogP contribution in [0.15, 0.2) is 102 Å². The van der Waals surface area contributed by atoms with Crippen molar-refractivity contribution in [2.24, 2.45) is 0 Å². The number of benzene rings is 4. The number of aromatic nitrogens is 6. The molecule has 10 heterocycles. The number of amides is 2. The van der Waals surface area contributed by atoms with Crippen LogP contribution >= 0.6 is 23.2 Å². The Bertz CT molecular complexity index is 5310. The summed E-state index contributed by atoms with van der Waals surface area (Å²) in [5.74, 6) is -4.50. The van der Waals surface area contributed by atoms with E-state index < -0.39 is 58.2 Å². The first-order chi connectivity index (χ1) is 45.3. The van der Waals surface area contributed by atoms with Crippen LogP contribution in [0.5, 0.6) is 5.75 Å². The monoisotopic (exact) mass is 1320 g/mol. The number of carbonyl (C=O) groups excluding carboxylic acids is 2. The van der Waals surface area contributed by atoms with Crippen molar-refractivity contribution in [2.45, 2.75) is 125 Å². The number of pyridine rings is 4. The van der Waals surface area contributed by atoms with Crippen molar-refractivity contribution in [1.82, 2.24) is 38.9 Å². The Labute approximate surface area is 552 Å². The standard InChI is InChI=1S/C72H68Cl2F2N10O9/c1-13-50(87)81-29-40-16-17-42-61(83(40)27-37(81)10)43-25-45(73)53(51-33(6)14-18-47-65(51)94-71(91)79-47)55(75)62(43)85(69(42)89)60-36(9)24-49(78-58(60)32(4)5)39(12)68(88)82-30-41-21-23-93-67-64(84(41)28-38(82)11)44-26-46(74)54(52-34(7)15-19-48-66(52)95-72(92)80-48)56(76)63(44)86(70(67)90)59-35(8)20-22-77-57(59)31(2)3/h13-15,18-20,22,24-26,31-32,37-38,40-41H,1,12,16-17,21,23,27-30H2,2-11H3,(H,79,91)(H,80,92). The molecule has 95 heavy (non-hydrogen) atoms. The van der Waals surface area contributed by atoms with Crippen molar-refractivity contribution in [3.8, 4) is 39.4 Å². The predicted octanol–water partition coefficient (Wildman–Crippen LogP) is 12.8. The minimum absolute atomic E-state index is 0.00709. The number of oxazole rings is 2. The number of hydrogen-bond acceptors (Lipinski definition) is 13. The highest BCUT2D eigenvalue weighted by molar-refractivity contribution is 6.36. The average Bonchev–Trinajstić information content (AvgIpc) is 1.21. The molecule has 4 aromatic carbocycles. The largest absolute Gasteiger partial charge is 0.486 e. The van der Waals surface area contributed by atoms with Gasteiger partial charge in [0.05, 0.1) is 90.2 Å². The van der Waals surface area contributed by atoms with Gasteiger partial charge in [0.15, 0.2) is 22.8 Å². The molecule has 2 amide bonds. The third-order valence-electron chi connectivity index (χ3n) is 19.7. The van der Waals surface area contributed by atoms with E-state index in [1.807, 2.05) is 53.4 Å². The third-order valence-corrected chi connectivity index (χ3v) is 20.3. The Kier molecular flexibility index (Phi) is 15.3. The molecule has 23 heteroatoms. The number of aryl methyl sites for hydroxylation is 4. The maximum Gasteiger partial charge on any atom is 0.417 e. The van der Waals surface area contributed by atoms with Crippen LogP contribution in [-0.4, -0.2) is 108 Å². The molecular weight excluding hydrogens is 1260 g/mol. The topological polar surface area (TPSA) is 218 Å². The van der Waals surface area contributed by atoms with Crippen LogP contribution in [0, 0.1) is 39.3 Å². The first-order valence-corrected chi connectivity index (χ1v) is 32.6. The van der Waals surface area contributed by atoms with E-state index in [1.54, 1.807) is 85.3 Å². The number of ether oxygens (including phenoxy) is 1. The molecule has 10 aromatic rings. The zero-order valence-corrected chi connectivity index (χ0v) is 55.6. The number of halogens is 4. The number of anilines is 2. The Morgan fingerprint density at radius 2 is 1.18 bits per heavy atom. The fraction of sp³-hybridized carbons (Fsp3) is 0.333. The summed E-state index contributed by atoms with van der Waals surface area (Å²) < 4.78 is 57.9. The summed E-state index contributed by atoms with van der Waals surface area (Å²) in [6, 6.07) is 11.9. The molecule has 14 rings (SSSR count). The van der Waals surface area contributed by atoms with Crippen molar-refractivity contribution in [2.75, 3.05) is 42.6 Å². The van der Waals surface area contributed by atoms with Gasteiger partial charge in [0.25, 0.3) is 17.0 Å². The normalized spacial score (nSPS) is 18.0. The summed E-state index contributed by atoms with van der Waals surface area (Å²) in [6.45, 7) is 27.7. The van der Waals surface area contributed by atoms with Crippen LogP contribution in [0.1, 0.15) is 111 Å². The molecule has 0 aliphatic carbocycles. The third kappa shape index (κ3) is 9.67. The first kappa shape index (κ1) is 62.8. The van der Waals surface area contributed by atoms with Crippen LogP contribution in [0.25, 0.3) is 83.2 Å². The highest BCUT2D eigenvalue weighted by atomic mass is 35.5. The Morgan fingerprint density at radius 1 is 0.653 bits per heavy atom. The molecule has 0 radical (unpaired) electrons. The van der Waals surface area contributed by atoms with E-state index in [1.165, 1.54) is 15.2 Å². The van der Waals surface area contributed by atoms with Crippen LogP contribution < -0.4 is 37.2 Å². The lowest BCUT2D eigenvalue weighted by Gasteiger charge is -2.49. The quantitative estimate of drug-likeness (QED) is 0.129. The van der Waals surface area contributed by atoms with Crippen LogP contribution in [0.2, 0.25) is 10.0 Å². The molecule has 0 bridgehead atoms. The number of nitrogens with zero attached hydrogens (tertiary/aromatic N) is 8. The van der Waals surface area contributed by atoms with Crippen molar-refractivity contribution in [3.05, 3.63) is 182 Å². The van der Waals surface area contributed by atoms with Gasteiger partial charge in [-0.1, -0.05) is 76.2 Å². The second kappa shape index (κ2) is 23.1. The Hall–Kier alpha value is -9.60. The molecule has 0 spiro atoms. The minimum atomic E-state index is -0.850. The number of nitrogens with one attached hydrogen (secondary N) is 2. The number of carbonyl (C=O) groups is 2. The molecular formula is C72H68Cl2F2N10O9. The molecule has 0 saturated carbocycles. The molecule has 4 aliphatic rings. The summed E-state index contributed by atoms with van der Waals surface area (Å²) in [4.78, 5) is 108. The molecule has 4 atom stereocenters. The van der Waals surface area contributed by atoms with E-state index in [0.717, 1.165) is 0 Å². The summed E-state index contributed by atoms with van der Waals surface area (Å²) in [7, 11) is 0. The van der Waals surface area contributed by atoms with Gasteiger partial charge < -0.3 is 33.2 Å². The highest BCUT2D eigenvalue weighted by Crippen LogP contribution is 2.50. The van der Waals surface area contributed by atoms with Gasteiger partial charge in [0.2, 0.25) is 11.7 Å². The van der Waals surface area contributed by atoms with Crippen LogP contribution in [-0.2, 0) is 16.0 Å². The van der Waals surface area contributed by atoms with Crippen molar-refractivity contribution >= 4 is 96.0 Å².